The van der Waals surface area contributed by atoms with Gasteiger partial charge in [0.2, 0.25) is 0 Å². The average Bonchev–Trinajstić information content (AvgIpc) is 2.52. The van der Waals surface area contributed by atoms with Gasteiger partial charge in [-0.25, -0.2) is 0 Å². The summed E-state index contributed by atoms with van der Waals surface area (Å²) in [6.07, 6.45) is 9.99. The number of hydrogen-bond acceptors (Lipinski definition) is 2. The molecule has 1 unspecified atom stereocenters. The van der Waals surface area contributed by atoms with Gasteiger partial charge in [0.05, 0.1) is 5.76 Å². The third-order valence-electron chi connectivity index (χ3n) is 6.49. The second kappa shape index (κ2) is 8.20. The molecule has 2 atom stereocenters. The summed E-state index contributed by atoms with van der Waals surface area (Å²) in [5, 5.41) is 0. The zero-order valence-electron chi connectivity index (χ0n) is 16.7. The van der Waals surface area contributed by atoms with Gasteiger partial charge in [-0.05, 0) is 54.3 Å². The molecule has 138 valence electrons. The third kappa shape index (κ3) is 3.97. The van der Waals surface area contributed by atoms with Crippen LogP contribution in [0.1, 0.15) is 86.5 Å². The van der Waals surface area contributed by atoms with Crippen LogP contribution in [0.25, 0.3) is 0 Å². The Balaban J connectivity index is 2.21. The maximum atomic E-state index is 12.3. The lowest BCUT2D eigenvalue weighted by Crippen LogP contribution is -2.47. The van der Waals surface area contributed by atoms with Crippen molar-refractivity contribution in [1.82, 2.24) is 0 Å². The third-order valence-corrected chi connectivity index (χ3v) is 12.5. The Kier molecular flexibility index (Phi) is 6.75. The Morgan fingerprint density at radius 3 is 2.08 bits per heavy atom. The number of rotatable bonds is 6. The molecule has 0 aromatic rings. The highest BCUT2D eigenvalue weighted by atomic mass is 28.4. The van der Waals surface area contributed by atoms with Crippen molar-refractivity contribution in [3.8, 4) is 0 Å². The van der Waals surface area contributed by atoms with Crippen LogP contribution in [-0.4, -0.2) is 14.1 Å². The van der Waals surface area contributed by atoms with Crippen LogP contribution < -0.4 is 0 Å². The summed E-state index contributed by atoms with van der Waals surface area (Å²) in [7, 11) is -1.86. The van der Waals surface area contributed by atoms with Gasteiger partial charge in [-0.1, -0.05) is 48.0 Å². The van der Waals surface area contributed by atoms with Crippen LogP contribution in [0.4, 0.5) is 0 Å². The minimum absolute atomic E-state index is 0.269. The van der Waals surface area contributed by atoms with Gasteiger partial charge in [0, 0.05) is 18.8 Å². The van der Waals surface area contributed by atoms with Crippen LogP contribution in [0.5, 0.6) is 0 Å². The van der Waals surface area contributed by atoms with Crippen LogP contribution >= 0.6 is 0 Å². The Labute approximate surface area is 150 Å². The predicted molar refractivity (Wildman–Crippen MR) is 105 cm³/mol. The molecule has 0 spiro atoms. The molecule has 2 nitrogen and oxygen atoms in total. The first-order valence-electron chi connectivity index (χ1n) is 10.2. The van der Waals surface area contributed by atoms with Crippen LogP contribution in [0, 0.1) is 11.8 Å². The molecule has 2 rings (SSSR count). The maximum absolute atomic E-state index is 12.3. The van der Waals surface area contributed by atoms with E-state index in [1.54, 1.807) is 0 Å². The van der Waals surface area contributed by atoms with E-state index < -0.39 is 8.32 Å². The van der Waals surface area contributed by atoms with Crippen molar-refractivity contribution < 1.29 is 9.22 Å². The number of carbonyl (C=O) groups is 1. The molecule has 0 aromatic carbocycles. The molecule has 3 heteroatoms. The van der Waals surface area contributed by atoms with Crippen molar-refractivity contribution in [3.63, 3.8) is 0 Å². The largest absolute Gasteiger partial charge is 0.546 e. The lowest BCUT2D eigenvalue weighted by Gasteiger charge is -2.44. The summed E-state index contributed by atoms with van der Waals surface area (Å²) in [6.45, 7) is 14.1. The first-order valence-corrected chi connectivity index (χ1v) is 12.4. The van der Waals surface area contributed by atoms with Gasteiger partial charge in [0.25, 0.3) is 8.32 Å². The highest BCUT2D eigenvalue weighted by Gasteiger charge is 2.47. The van der Waals surface area contributed by atoms with Gasteiger partial charge in [-0.15, -0.1) is 0 Å². The normalized spacial score (nSPS) is 26.2. The zero-order valence-corrected chi connectivity index (χ0v) is 17.7. The van der Waals surface area contributed by atoms with E-state index in [0.717, 1.165) is 25.7 Å². The minimum Gasteiger partial charge on any atom is -0.546 e. The summed E-state index contributed by atoms with van der Waals surface area (Å²) in [5.41, 5.74) is 1.82. The van der Waals surface area contributed by atoms with E-state index in [1.165, 1.54) is 25.0 Å². The minimum atomic E-state index is -1.86. The first kappa shape index (κ1) is 19.7. The zero-order chi connectivity index (χ0) is 17.9. The molecule has 0 amide bonds. The topological polar surface area (TPSA) is 26.3 Å². The molecular weight excluding hydrogens is 312 g/mol. The Morgan fingerprint density at radius 1 is 0.917 bits per heavy atom. The highest BCUT2D eigenvalue weighted by molar-refractivity contribution is 6.77. The van der Waals surface area contributed by atoms with Crippen LogP contribution in [0.3, 0.4) is 0 Å². The summed E-state index contributed by atoms with van der Waals surface area (Å²) < 4.78 is 6.91. The Bertz CT molecular complexity index is 443. The Morgan fingerprint density at radius 2 is 1.54 bits per heavy atom. The molecule has 0 heterocycles. The van der Waals surface area contributed by atoms with Crippen LogP contribution in [0.15, 0.2) is 11.8 Å². The maximum Gasteiger partial charge on any atom is 0.258 e. The van der Waals surface area contributed by atoms with Crippen molar-refractivity contribution in [2.24, 2.45) is 11.8 Å². The molecule has 0 aliphatic heterocycles. The van der Waals surface area contributed by atoms with E-state index in [-0.39, 0.29) is 5.92 Å². The molecule has 2 aliphatic carbocycles. The molecule has 0 radical (unpaired) electrons. The quantitative estimate of drug-likeness (QED) is 0.503. The van der Waals surface area contributed by atoms with Gasteiger partial charge in [-0.2, -0.15) is 0 Å². The van der Waals surface area contributed by atoms with E-state index in [4.69, 9.17) is 4.43 Å². The first-order chi connectivity index (χ1) is 11.3. The van der Waals surface area contributed by atoms with Crippen molar-refractivity contribution in [3.05, 3.63) is 11.8 Å². The lowest BCUT2D eigenvalue weighted by atomic mass is 9.75. The second-order valence-corrected chi connectivity index (χ2v) is 14.3. The second-order valence-electron chi connectivity index (χ2n) is 8.93. The summed E-state index contributed by atoms with van der Waals surface area (Å²) >= 11 is 0. The fourth-order valence-electron chi connectivity index (χ4n) is 5.36. The van der Waals surface area contributed by atoms with Gasteiger partial charge >= 0.3 is 0 Å². The molecule has 1 fully saturated rings. The molecule has 0 saturated heterocycles. The van der Waals surface area contributed by atoms with Gasteiger partial charge in [-0.3, -0.25) is 4.79 Å². The van der Waals surface area contributed by atoms with Crippen molar-refractivity contribution >= 4 is 14.1 Å². The van der Waals surface area contributed by atoms with Crippen molar-refractivity contribution in [1.29, 1.82) is 0 Å². The molecule has 0 bridgehead atoms. The van der Waals surface area contributed by atoms with E-state index in [0.29, 0.717) is 28.3 Å². The number of carbonyl (C=O) groups excluding carboxylic acids is 1. The molecular formula is C21H38O2Si. The predicted octanol–water partition coefficient (Wildman–Crippen LogP) is 6.62. The van der Waals surface area contributed by atoms with Crippen LogP contribution in [-0.2, 0) is 9.22 Å². The number of allylic oxidation sites excluding steroid dienone is 2. The number of Topliss-reactive ketones (excluding diaryl/α,β-unsaturated/α-hetero) is 1. The van der Waals surface area contributed by atoms with E-state index in [9.17, 15) is 4.79 Å². The smallest absolute Gasteiger partial charge is 0.258 e. The molecule has 0 N–H and O–H groups in total. The van der Waals surface area contributed by atoms with Gasteiger partial charge in [0.1, 0.15) is 5.78 Å². The fraction of sp³-hybridized carbons (Fsp3) is 0.857. The van der Waals surface area contributed by atoms with E-state index in [2.05, 4.69) is 47.6 Å². The fourth-order valence-corrected chi connectivity index (χ4v) is 10.7. The molecule has 1 saturated carbocycles. The summed E-state index contributed by atoms with van der Waals surface area (Å²) in [5.74, 6) is 2.42. The highest BCUT2D eigenvalue weighted by Crippen LogP contribution is 2.45. The van der Waals surface area contributed by atoms with E-state index in [1.807, 2.05) is 0 Å². The average molecular weight is 351 g/mol. The summed E-state index contributed by atoms with van der Waals surface area (Å²) in [4.78, 5) is 12.3. The molecule has 24 heavy (non-hydrogen) atoms. The van der Waals surface area contributed by atoms with Crippen molar-refractivity contribution in [2.45, 2.75) is 103 Å². The monoisotopic (exact) mass is 350 g/mol. The summed E-state index contributed by atoms with van der Waals surface area (Å²) in [6, 6.07) is 0. The standard InChI is InChI=1S/C21H38O2Si/c1-15(2)24(16(3)4,17(5)6)23-19-11-9-10-18(14-19)20-12-7-8-13-21(20)22/h14-18,20H,7-13H2,1-6H3/t18-,20?/m1/s1. The molecule has 2 aliphatic rings. The number of ketones is 1. The van der Waals surface area contributed by atoms with Gasteiger partial charge in [0.15, 0.2) is 0 Å². The van der Waals surface area contributed by atoms with Crippen molar-refractivity contribution in [2.75, 3.05) is 0 Å². The van der Waals surface area contributed by atoms with Crippen LogP contribution in [0.2, 0.25) is 16.6 Å². The SMILES string of the molecule is CC(C)[Si](OC1=C[C@H](C2CCCCC2=O)CCC1)(C(C)C)C(C)C. The Hall–Kier alpha value is -0.573. The van der Waals surface area contributed by atoms with Gasteiger partial charge < -0.3 is 4.43 Å². The van der Waals surface area contributed by atoms with E-state index >= 15 is 0 Å². The number of hydrogen-bond donors (Lipinski definition) is 0. The molecule has 0 aromatic heterocycles. The lowest BCUT2D eigenvalue weighted by molar-refractivity contribution is -0.126.